The van der Waals surface area contributed by atoms with Crippen LogP contribution in [0.2, 0.25) is 0 Å². The molecule has 0 fully saturated rings. The zero-order valence-corrected chi connectivity index (χ0v) is 7.69. The van der Waals surface area contributed by atoms with Crippen LogP contribution in [0.15, 0.2) is 30.5 Å². The predicted molar refractivity (Wildman–Crippen MR) is 53.4 cm³/mol. The van der Waals surface area contributed by atoms with Crippen LogP contribution in [0, 0.1) is 6.92 Å². The first-order chi connectivity index (χ1) is 6.68. The Morgan fingerprint density at radius 2 is 2.14 bits per heavy atom. The number of hydrogen-bond donors (Lipinski definition) is 1. The first-order valence-corrected chi connectivity index (χ1v) is 4.27. The maximum atomic E-state index is 10.7. The molecule has 0 saturated carbocycles. The molecule has 0 radical (unpaired) electrons. The summed E-state index contributed by atoms with van der Waals surface area (Å²) < 4.78 is 0. The summed E-state index contributed by atoms with van der Waals surface area (Å²) in [5.41, 5.74) is 1.15. The van der Waals surface area contributed by atoms with Crippen molar-refractivity contribution in [3.63, 3.8) is 0 Å². The molecule has 2 aromatic rings. The Balaban J connectivity index is 2.76. The molecule has 0 unspecified atom stereocenters. The Labute approximate surface area is 81.0 Å². The molecule has 0 aliphatic heterocycles. The number of hydrogen-bond acceptors (Lipinski definition) is 2. The van der Waals surface area contributed by atoms with Gasteiger partial charge < -0.3 is 5.11 Å². The van der Waals surface area contributed by atoms with Crippen molar-refractivity contribution in [2.24, 2.45) is 0 Å². The summed E-state index contributed by atoms with van der Waals surface area (Å²) in [6.07, 6.45) is 1.72. The van der Waals surface area contributed by atoms with Gasteiger partial charge in [0.05, 0.1) is 5.56 Å². The zero-order valence-electron chi connectivity index (χ0n) is 7.69. The Kier molecular flexibility index (Phi) is 1.93. The molecule has 14 heavy (non-hydrogen) atoms. The molecular formula is C11H9NO2. The molecule has 2 rings (SSSR count). The summed E-state index contributed by atoms with van der Waals surface area (Å²) >= 11 is 0. The highest BCUT2D eigenvalue weighted by atomic mass is 16.4. The highest BCUT2D eigenvalue weighted by Crippen LogP contribution is 2.17. The SMILES string of the molecule is Cc1nccc2ccc(C(=O)O)cc12. The van der Waals surface area contributed by atoms with Gasteiger partial charge in [-0.25, -0.2) is 4.79 Å². The lowest BCUT2D eigenvalue weighted by Crippen LogP contribution is -1.96. The number of aromatic nitrogens is 1. The normalized spacial score (nSPS) is 10.4. The van der Waals surface area contributed by atoms with Gasteiger partial charge >= 0.3 is 5.97 Å². The van der Waals surface area contributed by atoms with Crippen molar-refractivity contribution in [1.82, 2.24) is 4.98 Å². The second-order valence-corrected chi connectivity index (χ2v) is 3.14. The number of fused-ring (bicyclic) bond motifs is 1. The summed E-state index contributed by atoms with van der Waals surface area (Å²) in [6, 6.07) is 6.92. The van der Waals surface area contributed by atoms with Crippen LogP contribution in [0.5, 0.6) is 0 Å². The number of carboxylic acids is 1. The first-order valence-electron chi connectivity index (χ1n) is 4.27. The van der Waals surface area contributed by atoms with Crippen LogP contribution in [0.4, 0.5) is 0 Å². The number of rotatable bonds is 1. The third-order valence-electron chi connectivity index (χ3n) is 2.21. The standard InChI is InChI=1S/C11H9NO2/c1-7-10-6-9(11(13)14)3-2-8(10)4-5-12-7/h2-6H,1H3,(H,13,14). The van der Waals surface area contributed by atoms with Gasteiger partial charge in [-0.1, -0.05) is 6.07 Å². The monoisotopic (exact) mass is 187 g/mol. The highest BCUT2D eigenvalue weighted by molar-refractivity contribution is 5.94. The van der Waals surface area contributed by atoms with Gasteiger partial charge in [-0.15, -0.1) is 0 Å². The molecule has 1 aromatic carbocycles. The van der Waals surface area contributed by atoms with E-state index in [-0.39, 0.29) is 0 Å². The van der Waals surface area contributed by atoms with Crippen molar-refractivity contribution < 1.29 is 9.90 Å². The number of aryl methyl sites for hydroxylation is 1. The minimum atomic E-state index is -0.907. The molecule has 0 saturated heterocycles. The number of carbonyl (C=O) groups is 1. The number of nitrogens with zero attached hydrogens (tertiary/aromatic N) is 1. The van der Waals surface area contributed by atoms with Crippen molar-refractivity contribution in [2.45, 2.75) is 6.92 Å². The third-order valence-corrected chi connectivity index (χ3v) is 2.21. The van der Waals surface area contributed by atoms with E-state index in [9.17, 15) is 4.79 Å². The number of carboxylic acid groups (broad SMARTS) is 1. The smallest absolute Gasteiger partial charge is 0.335 e. The molecule has 0 amide bonds. The van der Waals surface area contributed by atoms with Crippen molar-refractivity contribution in [3.8, 4) is 0 Å². The average molecular weight is 187 g/mol. The second-order valence-electron chi connectivity index (χ2n) is 3.14. The maximum Gasteiger partial charge on any atom is 0.335 e. The Hall–Kier alpha value is -1.90. The summed E-state index contributed by atoms with van der Waals surface area (Å²) in [4.78, 5) is 14.9. The summed E-state index contributed by atoms with van der Waals surface area (Å²) in [5, 5.41) is 10.7. The molecule has 0 aliphatic carbocycles. The highest BCUT2D eigenvalue weighted by Gasteiger charge is 2.04. The van der Waals surface area contributed by atoms with Gasteiger partial charge in [-0.3, -0.25) is 4.98 Å². The van der Waals surface area contributed by atoms with E-state index >= 15 is 0 Å². The molecule has 70 valence electrons. The molecule has 3 nitrogen and oxygen atoms in total. The lowest BCUT2D eigenvalue weighted by atomic mass is 10.1. The molecule has 0 spiro atoms. The Morgan fingerprint density at radius 3 is 2.86 bits per heavy atom. The Bertz CT molecular complexity index is 506. The van der Waals surface area contributed by atoms with E-state index in [1.54, 1.807) is 24.4 Å². The van der Waals surface area contributed by atoms with Crippen LogP contribution in [-0.2, 0) is 0 Å². The van der Waals surface area contributed by atoms with E-state index in [0.29, 0.717) is 5.56 Å². The Morgan fingerprint density at radius 1 is 1.36 bits per heavy atom. The fourth-order valence-corrected chi connectivity index (χ4v) is 1.45. The topological polar surface area (TPSA) is 50.2 Å². The molecule has 3 heteroatoms. The van der Waals surface area contributed by atoms with Gasteiger partial charge in [0.15, 0.2) is 0 Å². The lowest BCUT2D eigenvalue weighted by molar-refractivity contribution is 0.0697. The number of pyridine rings is 1. The van der Waals surface area contributed by atoms with Crippen molar-refractivity contribution >= 4 is 16.7 Å². The average Bonchev–Trinajstić information content (AvgIpc) is 2.18. The van der Waals surface area contributed by atoms with Gasteiger partial charge in [-0.2, -0.15) is 0 Å². The zero-order chi connectivity index (χ0) is 10.1. The van der Waals surface area contributed by atoms with Crippen molar-refractivity contribution in [2.75, 3.05) is 0 Å². The summed E-state index contributed by atoms with van der Waals surface area (Å²) in [6.45, 7) is 1.87. The van der Waals surface area contributed by atoms with Crippen LogP contribution < -0.4 is 0 Å². The molecule has 1 heterocycles. The van der Waals surface area contributed by atoms with E-state index < -0.39 is 5.97 Å². The maximum absolute atomic E-state index is 10.7. The van der Waals surface area contributed by atoms with Gasteiger partial charge in [0.2, 0.25) is 0 Å². The van der Waals surface area contributed by atoms with Gasteiger partial charge in [0, 0.05) is 17.3 Å². The minimum absolute atomic E-state index is 0.300. The van der Waals surface area contributed by atoms with Crippen molar-refractivity contribution in [3.05, 3.63) is 41.7 Å². The van der Waals surface area contributed by atoms with Gasteiger partial charge in [-0.05, 0) is 30.5 Å². The third kappa shape index (κ3) is 1.33. The predicted octanol–water partition coefficient (Wildman–Crippen LogP) is 2.24. The molecular weight excluding hydrogens is 178 g/mol. The summed E-state index contributed by atoms with van der Waals surface area (Å²) in [7, 11) is 0. The van der Waals surface area contributed by atoms with Crippen LogP contribution in [-0.4, -0.2) is 16.1 Å². The fraction of sp³-hybridized carbons (Fsp3) is 0.0909. The number of aromatic carboxylic acids is 1. The van der Waals surface area contributed by atoms with Crippen LogP contribution >= 0.6 is 0 Å². The van der Waals surface area contributed by atoms with E-state index in [1.165, 1.54) is 0 Å². The molecule has 0 atom stereocenters. The van der Waals surface area contributed by atoms with E-state index in [0.717, 1.165) is 16.5 Å². The first kappa shape index (κ1) is 8.69. The number of benzene rings is 1. The quantitative estimate of drug-likeness (QED) is 0.744. The van der Waals surface area contributed by atoms with E-state index in [2.05, 4.69) is 4.98 Å². The molecule has 0 aliphatic rings. The van der Waals surface area contributed by atoms with Crippen LogP contribution in [0.1, 0.15) is 16.1 Å². The lowest BCUT2D eigenvalue weighted by Gasteiger charge is -2.01. The molecule has 0 bridgehead atoms. The fourth-order valence-electron chi connectivity index (χ4n) is 1.45. The minimum Gasteiger partial charge on any atom is -0.478 e. The van der Waals surface area contributed by atoms with Crippen LogP contribution in [0.25, 0.3) is 10.8 Å². The van der Waals surface area contributed by atoms with Crippen molar-refractivity contribution in [1.29, 1.82) is 0 Å². The largest absolute Gasteiger partial charge is 0.478 e. The van der Waals surface area contributed by atoms with E-state index in [1.807, 2.05) is 13.0 Å². The molecule has 1 N–H and O–H groups in total. The summed E-state index contributed by atoms with van der Waals surface area (Å²) in [5.74, 6) is -0.907. The molecule has 1 aromatic heterocycles. The van der Waals surface area contributed by atoms with Crippen LogP contribution in [0.3, 0.4) is 0 Å². The second kappa shape index (κ2) is 3.10. The van der Waals surface area contributed by atoms with E-state index in [4.69, 9.17) is 5.11 Å². The van der Waals surface area contributed by atoms with Gasteiger partial charge in [0.1, 0.15) is 0 Å². The van der Waals surface area contributed by atoms with Gasteiger partial charge in [0.25, 0.3) is 0 Å².